The maximum atomic E-state index is 12.4. The second kappa shape index (κ2) is 6.28. The number of hydrogen-bond donors (Lipinski definition) is 2. The van der Waals surface area contributed by atoms with E-state index in [1.54, 1.807) is 35.4 Å². The van der Waals surface area contributed by atoms with Gasteiger partial charge in [0, 0.05) is 24.6 Å². The van der Waals surface area contributed by atoms with Gasteiger partial charge >= 0.3 is 0 Å². The highest BCUT2D eigenvalue weighted by atomic mass is 16.5. The van der Waals surface area contributed by atoms with Crippen molar-refractivity contribution in [3.05, 3.63) is 42.5 Å². The molecule has 2 aliphatic rings. The number of hydrogen-bond acceptors (Lipinski definition) is 4. The zero-order valence-electron chi connectivity index (χ0n) is 13.4. The Hall–Kier alpha value is -2.34. The lowest BCUT2D eigenvalue weighted by Gasteiger charge is -2.18. The van der Waals surface area contributed by atoms with Crippen LogP contribution in [0.2, 0.25) is 0 Å². The lowest BCUT2D eigenvalue weighted by atomic mass is 9.87. The van der Waals surface area contributed by atoms with E-state index in [9.17, 15) is 9.90 Å². The fraction of sp³-hybridized carbons (Fsp3) is 0.444. The third-order valence-electron chi connectivity index (χ3n) is 5.06. The Kier molecular flexibility index (Phi) is 3.98. The minimum atomic E-state index is -0.251. The van der Waals surface area contributed by atoms with Crippen molar-refractivity contribution in [3.63, 3.8) is 0 Å². The van der Waals surface area contributed by atoms with Crippen molar-refractivity contribution < 1.29 is 14.6 Å². The smallest absolute Gasteiger partial charge is 0.255 e. The Labute approximate surface area is 140 Å². The van der Waals surface area contributed by atoms with E-state index in [0.29, 0.717) is 24.7 Å². The first kappa shape index (κ1) is 15.2. The molecule has 3 heterocycles. The van der Waals surface area contributed by atoms with Gasteiger partial charge in [-0.05, 0) is 49.8 Å². The van der Waals surface area contributed by atoms with Crippen LogP contribution in [-0.2, 0) is 4.74 Å². The number of rotatable bonds is 5. The summed E-state index contributed by atoms with van der Waals surface area (Å²) in [5, 5.41) is 12.9. The van der Waals surface area contributed by atoms with E-state index >= 15 is 0 Å². The van der Waals surface area contributed by atoms with Crippen molar-refractivity contribution in [2.45, 2.75) is 37.9 Å². The zero-order chi connectivity index (χ0) is 16.5. The average molecular weight is 327 g/mol. The van der Waals surface area contributed by atoms with Gasteiger partial charge in [-0.2, -0.15) is 0 Å². The highest BCUT2D eigenvalue weighted by Gasteiger charge is 2.40. The number of carbonyl (C=O) groups excluding carboxylic acids is 1. The molecule has 6 nitrogen and oxygen atoms in total. The van der Waals surface area contributed by atoms with E-state index in [2.05, 4.69) is 10.3 Å². The van der Waals surface area contributed by atoms with Gasteiger partial charge in [0.1, 0.15) is 5.75 Å². The number of benzene rings is 1. The molecule has 24 heavy (non-hydrogen) atoms. The van der Waals surface area contributed by atoms with Crippen LogP contribution in [0.25, 0.3) is 5.69 Å². The van der Waals surface area contributed by atoms with Gasteiger partial charge in [0.05, 0.1) is 24.1 Å². The first-order valence-corrected chi connectivity index (χ1v) is 8.46. The van der Waals surface area contributed by atoms with Crippen LogP contribution in [0.3, 0.4) is 0 Å². The highest BCUT2D eigenvalue weighted by Crippen LogP contribution is 2.40. The van der Waals surface area contributed by atoms with Crippen molar-refractivity contribution in [1.29, 1.82) is 0 Å². The molecule has 0 radical (unpaired) electrons. The maximum absolute atomic E-state index is 12.4. The summed E-state index contributed by atoms with van der Waals surface area (Å²) in [7, 11) is 0. The molecule has 0 spiro atoms. The van der Waals surface area contributed by atoms with Gasteiger partial charge < -0.3 is 19.7 Å². The molecule has 2 aliphatic heterocycles. The third-order valence-corrected chi connectivity index (χ3v) is 5.06. The van der Waals surface area contributed by atoms with Gasteiger partial charge in [0.2, 0.25) is 0 Å². The quantitative estimate of drug-likeness (QED) is 0.883. The largest absolute Gasteiger partial charge is 0.507 e. The number of phenols is 1. The molecule has 1 aromatic carbocycles. The summed E-state index contributed by atoms with van der Waals surface area (Å²) < 4.78 is 7.64. The molecule has 4 rings (SSSR count). The number of ether oxygens (including phenoxy) is 1. The summed E-state index contributed by atoms with van der Waals surface area (Å²) in [6.07, 6.45) is 10.3. The first-order valence-electron chi connectivity index (χ1n) is 8.46. The van der Waals surface area contributed by atoms with E-state index in [4.69, 9.17) is 4.74 Å². The van der Waals surface area contributed by atoms with Crippen LogP contribution in [0.15, 0.2) is 36.9 Å². The normalized spacial score (nSPS) is 25.1. The Morgan fingerprint density at radius 2 is 2.33 bits per heavy atom. The van der Waals surface area contributed by atoms with Gasteiger partial charge in [-0.25, -0.2) is 4.98 Å². The molecule has 3 unspecified atom stereocenters. The summed E-state index contributed by atoms with van der Waals surface area (Å²) in [6.45, 7) is 0.602. The number of phenolic OH excluding ortho intramolecular Hbond substituents is 1. The van der Waals surface area contributed by atoms with E-state index in [-0.39, 0.29) is 17.2 Å². The van der Waals surface area contributed by atoms with Crippen molar-refractivity contribution in [2.75, 3.05) is 6.54 Å². The van der Waals surface area contributed by atoms with Crippen LogP contribution in [0.4, 0.5) is 0 Å². The number of carbonyl (C=O) groups is 1. The zero-order valence-corrected chi connectivity index (χ0v) is 13.4. The van der Waals surface area contributed by atoms with Gasteiger partial charge in [0.25, 0.3) is 5.91 Å². The molecule has 1 amide bonds. The number of nitrogens with one attached hydrogen (secondary N) is 1. The van der Waals surface area contributed by atoms with E-state index in [0.717, 1.165) is 24.9 Å². The van der Waals surface area contributed by atoms with Crippen LogP contribution < -0.4 is 5.32 Å². The lowest BCUT2D eigenvalue weighted by Crippen LogP contribution is -2.28. The fourth-order valence-corrected chi connectivity index (χ4v) is 3.79. The topological polar surface area (TPSA) is 76.4 Å². The van der Waals surface area contributed by atoms with Gasteiger partial charge in [-0.3, -0.25) is 4.79 Å². The van der Waals surface area contributed by atoms with Gasteiger partial charge in [0.15, 0.2) is 0 Å². The van der Waals surface area contributed by atoms with Gasteiger partial charge in [-0.1, -0.05) is 0 Å². The van der Waals surface area contributed by atoms with Crippen LogP contribution in [-0.4, -0.2) is 39.3 Å². The van der Waals surface area contributed by atoms with E-state index in [1.165, 1.54) is 12.5 Å². The van der Waals surface area contributed by atoms with Crippen molar-refractivity contribution in [2.24, 2.45) is 5.92 Å². The number of aromatic nitrogens is 2. The fourth-order valence-electron chi connectivity index (χ4n) is 3.79. The molecule has 2 bridgehead atoms. The molecule has 2 aromatic rings. The van der Waals surface area contributed by atoms with Gasteiger partial charge in [-0.15, -0.1) is 0 Å². The minimum absolute atomic E-state index is 0.0142. The Bertz CT molecular complexity index is 729. The second-order valence-electron chi connectivity index (χ2n) is 6.59. The molecular formula is C18H21N3O3. The molecule has 1 aromatic heterocycles. The first-order chi connectivity index (χ1) is 11.7. The SMILES string of the molecule is O=C(NCCC1CC2CCC1O2)c1cc(-n2ccnc2)ccc1O. The summed E-state index contributed by atoms with van der Waals surface area (Å²) in [4.78, 5) is 16.4. The molecule has 0 aliphatic carbocycles. The number of aromatic hydroxyl groups is 1. The molecule has 6 heteroatoms. The van der Waals surface area contributed by atoms with Crippen molar-refractivity contribution in [1.82, 2.24) is 14.9 Å². The Balaban J connectivity index is 1.38. The van der Waals surface area contributed by atoms with Crippen LogP contribution >= 0.6 is 0 Å². The molecule has 126 valence electrons. The van der Waals surface area contributed by atoms with Crippen molar-refractivity contribution >= 4 is 5.91 Å². The number of amides is 1. The molecule has 3 atom stereocenters. The van der Waals surface area contributed by atoms with Crippen LogP contribution in [0.1, 0.15) is 36.0 Å². The van der Waals surface area contributed by atoms with Crippen LogP contribution in [0, 0.1) is 5.92 Å². The standard InChI is InChI=1S/C18H21N3O3/c22-16-3-1-13(21-8-7-19-11-21)10-15(16)18(23)20-6-5-12-9-14-2-4-17(12)24-14/h1,3,7-8,10-12,14,17,22H,2,4-6,9H2,(H,20,23). The lowest BCUT2D eigenvalue weighted by molar-refractivity contribution is 0.0887. The molecule has 0 saturated carbocycles. The summed E-state index contributed by atoms with van der Waals surface area (Å²) in [5.74, 6) is 0.285. The summed E-state index contributed by atoms with van der Waals surface area (Å²) >= 11 is 0. The van der Waals surface area contributed by atoms with E-state index in [1.807, 2.05) is 0 Å². The number of nitrogens with zero attached hydrogens (tertiary/aromatic N) is 2. The van der Waals surface area contributed by atoms with Crippen molar-refractivity contribution in [3.8, 4) is 11.4 Å². The minimum Gasteiger partial charge on any atom is -0.507 e. The Morgan fingerprint density at radius 1 is 1.42 bits per heavy atom. The molecule has 2 N–H and O–H groups in total. The summed E-state index contributed by atoms with van der Waals surface area (Å²) in [5.41, 5.74) is 1.07. The molecule has 2 fully saturated rings. The monoisotopic (exact) mass is 327 g/mol. The van der Waals surface area contributed by atoms with E-state index < -0.39 is 0 Å². The predicted octanol–water partition coefficient (Wildman–Crippen LogP) is 2.27. The predicted molar refractivity (Wildman–Crippen MR) is 88.2 cm³/mol. The third kappa shape index (κ3) is 2.89. The molecular weight excluding hydrogens is 306 g/mol. The average Bonchev–Trinajstić information content (AvgIpc) is 3.33. The highest BCUT2D eigenvalue weighted by molar-refractivity contribution is 5.97. The Morgan fingerprint density at radius 3 is 3.04 bits per heavy atom. The second-order valence-corrected chi connectivity index (χ2v) is 6.59. The summed E-state index contributed by atoms with van der Waals surface area (Å²) in [6, 6.07) is 4.96. The van der Waals surface area contributed by atoms with Crippen LogP contribution in [0.5, 0.6) is 5.75 Å². The molecule has 2 saturated heterocycles. The maximum Gasteiger partial charge on any atom is 0.255 e. The number of fused-ring (bicyclic) bond motifs is 2. The number of imidazole rings is 1.